The van der Waals surface area contributed by atoms with Crippen LogP contribution < -0.4 is 5.73 Å². The molecular formula is C24H26N2O5. The summed E-state index contributed by atoms with van der Waals surface area (Å²) in [7, 11) is 0. The maximum atomic E-state index is 13.1. The molecule has 0 spiro atoms. The number of allylic oxidation sites excluding steroid dienone is 2. The van der Waals surface area contributed by atoms with Gasteiger partial charge in [0.2, 0.25) is 11.8 Å². The first-order valence-electron chi connectivity index (χ1n) is 10.1. The predicted molar refractivity (Wildman–Crippen MR) is 117 cm³/mol. The Labute approximate surface area is 181 Å². The van der Waals surface area contributed by atoms with E-state index >= 15 is 0 Å². The zero-order chi connectivity index (χ0) is 22.9. The highest BCUT2D eigenvalue weighted by Gasteiger charge is 2.39. The van der Waals surface area contributed by atoms with Gasteiger partial charge < -0.3 is 10.5 Å². The summed E-state index contributed by atoms with van der Waals surface area (Å²) < 4.78 is 5.20. The van der Waals surface area contributed by atoms with Crippen molar-refractivity contribution in [1.29, 1.82) is 0 Å². The first-order valence-corrected chi connectivity index (χ1v) is 10.1. The molecule has 7 heteroatoms. The van der Waals surface area contributed by atoms with Crippen LogP contribution in [0.4, 0.5) is 5.69 Å². The molecule has 1 aromatic carbocycles. The number of esters is 1. The highest BCUT2D eigenvalue weighted by atomic mass is 16.5. The fraction of sp³-hybridized carbons (Fsp3) is 0.333. The number of nitrogens with two attached hydrogens (primary N) is 1. The molecule has 1 aliphatic heterocycles. The van der Waals surface area contributed by atoms with Crippen LogP contribution in [0.15, 0.2) is 48.6 Å². The molecule has 1 fully saturated rings. The van der Waals surface area contributed by atoms with Crippen LogP contribution in [0.3, 0.4) is 0 Å². The summed E-state index contributed by atoms with van der Waals surface area (Å²) in [5, 5.41) is 0. The number of anilines is 1. The topological polar surface area (TPSA) is 107 Å². The third kappa shape index (κ3) is 4.21. The number of ether oxygens (including phenoxy) is 1. The van der Waals surface area contributed by atoms with Gasteiger partial charge in [-0.05, 0) is 49.1 Å². The molecule has 1 heterocycles. The number of amides is 2. The highest BCUT2D eigenvalue weighted by Crippen LogP contribution is 2.39. The van der Waals surface area contributed by atoms with Crippen LogP contribution in [-0.2, 0) is 19.1 Å². The van der Waals surface area contributed by atoms with Crippen molar-refractivity contribution in [2.45, 2.75) is 26.7 Å². The maximum absolute atomic E-state index is 13.1. The van der Waals surface area contributed by atoms with E-state index in [1.807, 2.05) is 0 Å². The van der Waals surface area contributed by atoms with E-state index in [0.29, 0.717) is 33.5 Å². The van der Waals surface area contributed by atoms with Gasteiger partial charge in [-0.1, -0.05) is 30.9 Å². The number of hydrogen-bond acceptors (Lipinski definition) is 6. The molecular weight excluding hydrogens is 396 g/mol. The third-order valence-electron chi connectivity index (χ3n) is 5.84. The molecule has 2 atom stereocenters. The Bertz CT molecular complexity index is 1040. The Kier molecular flexibility index (Phi) is 6.24. The van der Waals surface area contributed by atoms with Crippen LogP contribution in [0.1, 0.15) is 42.6 Å². The van der Waals surface area contributed by atoms with Crippen LogP contribution >= 0.6 is 0 Å². The lowest BCUT2D eigenvalue weighted by molar-refractivity contribution is -0.155. The fourth-order valence-corrected chi connectivity index (χ4v) is 3.79. The molecule has 31 heavy (non-hydrogen) atoms. The van der Waals surface area contributed by atoms with Gasteiger partial charge in [-0.2, -0.15) is 0 Å². The molecule has 0 saturated carbocycles. The summed E-state index contributed by atoms with van der Waals surface area (Å²) in [4.78, 5) is 51.2. The summed E-state index contributed by atoms with van der Waals surface area (Å²) in [6, 6.07) is 5.12. The van der Waals surface area contributed by atoms with E-state index in [1.54, 1.807) is 32.0 Å². The lowest BCUT2D eigenvalue weighted by Gasteiger charge is -2.33. The lowest BCUT2D eigenvalue weighted by atomic mass is 9.77. The van der Waals surface area contributed by atoms with E-state index in [4.69, 9.17) is 10.5 Å². The molecule has 7 nitrogen and oxygen atoms in total. The zero-order valence-corrected chi connectivity index (χ0v) is 17.8. The molecule has 3 rings (SSSR count). The largest absolute Gasteiger partial charge is 0.463 e. The van der Waals surface area contributed by atoms with Crippen molar-refractivity contribution >= 4 is 34.8 Å². The Morgan fingerprint density at radius 2 is 2.03 bits per heavy atom. The zero-order valence-electron chi connectivity index (χ0n) is 17.8. The number of ketones is 1. The van der Waals surface area contributed by atoms with Gasteiger partial charge >= 0.3 is 5.97 Å². The minimum Gasteiger partial charge on any atom is -0.463 e. The Balaban J connectivity index is 1.75. The van der Waals surface area contributed by atoms with Gasteiger partial charge in [-0.25, -0.2) is 0 Å². The Hall–Kier alpha value is -3.48. The number of piperidine rings is 1. The molecule has 0 bridgehead atoms. The van der Waals surface area contributed by atoms with Crippen LogP contribution in [0.2, 0.25) is 0 Å². The van der Waals surface area contributed by atoms with Gasteiger partial charge in [0.05, 0.1) is 23.9 Å². The third-order valence-corrected chi connectivity index (χ3v) is 5.84. The van der Waals surface area contributed by atoms with Crippen molar-refractivity contribution in [3.8, 4) is 0 Å². The normalized spacial score (nSPS) is 19.6. The number of carbonyl (C=O) groups excluding carboxylic acids is 4. The van der Waals surface area contributed by atoms with E-state index in [2.05, 4.69) is 13.2 Å². The average Bonchev–Trinajstić information content (AvgIpc) is 2.72. The van der Waals surface area contributed by atoms with Crippen molar-refractivity contribution in [2.75, 3.05) is 18.9 Å². The smallest absolute Gasteiger partial charge is 0.312 e. The van der Waals surface area contributed by atoms with Gasteiger partial charge in [0, 0.05) is 12.1 Å². The summed E-state index contributed by atoms with van der Waals surface area (Å²) >= 11 is 0. The number of nitrogens with zero attached hydrogens (tertiary/aromatic N) is 1. The van der Waals surface area contributed by atoms with Crippen molar-refractivity contribution in [1.82, 2.24) is 4.90 Å². The fourth-order valence-electron chi connectivity index (χ4n) is 3.79. The number of benzene rings is 1. The van der Waals surface area contributed by atoms with Gasteiger partial charge in [0.25, 0.3) is 0 Å². The number of likely N-dealkylation sites (tertiary alicyclic amines) is 1. The number of imide groups is 1. The van der Waals surface area contributed by atoms with Gasteiger partial charge in [0.15, 0.2) is 5.78 Å². The molecule has 1 unspecified atom stereocenters. The molecule has 162 valence electrons. The van der Waals surface area contributed by atoms with Crippen molar-refractivity contribution in [2.24, 2.45) is 11.8 Å². The molecule has 2 aliphatic rings. The SMILES string of the molecule is C=C1C(C2CCC(=O)N(CCOC(=O)[C@H](C)C(=C)C)C2=O)=CC(=O)c2c(N)cccc21. The van der Waals surface area contributed by atoms with Crippen molar-refractivity contribution in [3.05, 3.63) is 59.7 Å². The van der Waals surface area contributed by atoms with Crippen LogP contribution in [0, 0.1) is 11.8 Å². The minimum atomic E-state index is -0.672. The molecule has 2 amide bonds. The van der Waals surface area contributed by atoms with Crippen LogP contribution in [0.5, 0.6) is 0 Å². The quantitative estimate of drug-likeness (QED) is 0.327. The van der Waals surface area contributed by atoms with Crippen molar-refractivity contribution in [3.63, 3.8) is 0 Å². The second-order valence-corrected chi connectivity index (χ2v) is 7.92. The molecule has 0 radical (unpaired) electrons. The van der Waals surface area contributed by atoms with Crippen LogP contribution in [-0.4, -0.2) is 41.6 Å². The Morgan fingerprint density at radius 3 is 2.71 bits per heavy atom. The highest BCUT2D eigenvalue weighted by molar-refractivity contribution is 6.18. The van der Waals surface area contributed by atoms with Crippen LogP contribution in [0.25, 0.3) is 5.57 Å². The first kappa shape index (κ1) is 22.2. The van der Waals surface area contributed by atoms with Gasteiger partial charge in [0.1, 0.15) is 6.61 Å². The summed E-state index contributed by atoms with van der Waals surface area (Å²) in [6.45, 7) is 11.1. The van der Waals surface area contributed by atoms with E-state index in [-0.39, 0.29) is 37.7 Å². The molecule has 1 aliphatic carbocycles. The monoisotopic (exact) mass is 422 g/mol. The average molecular weight is 422 g/mol. The second kappa shape index (κ2) is 8.71. The number of fused-ring (bicyclic) bond motifs is 1. The Morgan fingerprint density at radius 1 is 1.32 bits per heavy atom. The van der Waals surface area contributed by atoms with Gasteiger partial charge in [-0.3, -0.25) is 24.1 Å². The first-order chi connectivity index (χ1) is 14.6. The van der Waals surface area contributed by atoms with Crippen molar-refractivity contribution < 1.29 is 23.9 Å². The predicted octanol–water partition coefficient (Wildman–Crippen LogP) is 2.93. The van der Waals surface area contributed by atoms with E-state index < -0.39 is 23.7 Å². The second-order valence-electron chi connectivity index (χ2n) is 7.92. The molecule has 1 aromatic rings. The number of carbonyl (C=O) groups is 4. The molecule has 0 aromatic heterocycles. The standard InChI is InChI=1S/C24H26N2O5/c1-13(2)14(3)24(30)31-11-10-26-21(28)9-8-17(23(26)29)18-12-20(27)22-16(15(18)4)6-5-7-19(22)25/h5-7,12,14,17H,1,4,8-11,25H2,2-3H3/t14-,17?/m1/s1. The molecule has 1 saturated heterocycles. The van der Waals surface area contributed by atoms with E-state index in [9.17, 15) is 19.2 Å². The summed E-state index contributed by atoms with van der Waals surface area (Å²) in [6.07, 6.45) is 1.83. The summed E-state index contributed by atoms with van der Waals surface area (Å²) in [5.74, 6) is -2.63. The summed E-state index contributed by atoms with van der Waals surface area (Å²) in [5.41, 5.74) is 9.00. The maximum Gasteiger partial charge on any atom is 0.312 e. The minimum absolute atomic E-state index is 0.0416. The van der Waals surface area contributed by atoms with E-state index in [1.165, 1.54) is 6.08 Å². The number of hydrogen-bond donors (Lipinski definition) is 1. The van der Waals surface area contributed by atoms with Gasteiger partial charge in [-0.15, -0.1) is 0 Å². The van der Waals surface area contributed by atoms with E-state index in [0.717, 1.165) is 4.90 Å². The lowest BCUT2D eigenvalue weighted by Crippen LogP contribution is -2.47. The molecule has 2 N–H and O–H groups in total. The number of rotatable bonds is 6. The number of nitrogen functional groups attached to an aromatic ring is 1.